The Morgan fingerprint density at radius 3 is 2.56 bits per heavy atom. The second-order valence-corrected chi connectivity index (χ2v) is 5.97. The highest BCUT2D eigenvalue weighted by molar-refractivity contribution is 7.12. The van der Waals surface area contributed by atoms with E-state index in [1.165, 1.54) is 22.7 Å². The molecule has 1 heterocycles. The van der Waals surface area contributed by atoms with Crippen LogP contribution >= 0.6 is 11.3 Å². The molecular formula is C15H28N2S. The van der Waals surface area contributed by atoms with Gasteiger partial charge in [-0.05, 0) is 45.0 Å². The van der Waals surface area contributed by atoms with Gasteiger partial charge in [0.05, 0.1) is 0 Å². The summed E-state index contributed by atoms with van der Waals surface area (Å²) in [6, 6.07) is 5.01. The molecule has 0 aliphatic carbocycles. The summed E-state index contributed by atoms with van der Waals surface area (Å²) in [6.07, 6.45) is 2.39. The highest BCUT2D eigenvalue weighted by atomic mass is 32.1. The normalized spacial score (nSPS) is 13.2. The van der Waals surface area contributed by atoms with Crippen molar-refractivity contribution in [3.05, 3.63) is 21.9 Å². The lowest BCUT2D eigenvalue weighted by atomic mass is 10.2. The highest BCUT2D eigenvalue weighted by Crippen LogP contribution is 2.23. The van der Waals surface area contributed by atoms with Crippen molar-refractivity contribution in [2.75, 3.05) is 26.2 Å². The molecule has 104 valence electrons. The van der Waals surface area contributed by atoms with Gasteiger partial charge in [0, 0.05) is 28.9 Å². The van der Waals surface area contributed by atoms with Crippen LogP contribution in [0.25, 0.3) is 0 Å². The molecule has 0 bridgehead atoms. The van der Waals surface area contributed by atoms with Gasteiger partial charge in [-0.3, -0.25) is 0 Å². The maximum atomic E-state index is 3.63. The van der Waals surface area contributed by atoms with E-state index in [1.54, 1.807) is 0 Å². The van der Waals surface area contributed by atoms with Crippen LogP contribution in [0.15, 0.2) is 12.1 Å². The smallest absolute Gasteiger partial charge is 0.0386 e. The Bertz CT molecular complexity index is 322. The third-order valence-electron chi connectivity index (χ3n) is 3.32. The molecular weight excluding hydrogens is 240 g/mol. The van der Waals surface area contributed by atoms with E-state index in [2.05, 4.69) is 50.0 Å². The van der Waals surface area contributed by atoms with Crippen molar-refractivity contribution in [1.82, 2.24) is 10.2 Å². The number of thiophene rings is 1. The highest BCUT2D eigenvalue weighted by Gasteiger charge is 2.08. The van der Waals surface area contributed by atoms with Gasteiger partial charge < -0.3 is 10.2 Å². The number of aryl methyl sites for hydroxylation is 1. The van der Waals surface area contributed by atoms with Crippen LogP contribution in [0.2, 0.25) is 0 Å². The predicted octanol–water partition coefficient (Wildman–Crippen LogP) is 3.69. The third kappa shape index (κ3) is 5.09. The molecule has 0 amide bonds. The average molecular weight is 268 g/mol. The Labute approximate surface area is 116 Å². The Morgan fingerprint density at radius 1 is 1.22 bits per heavy atom. The molecule has 0 spiro atoms. The largest absolute Gasteiger partial charge is 0.308 e. The van der Waals surface area contributed by atoms with Crippen LogP contribution in [-0.2, 0) is 6.42 Å². The Hall–Kier alpha value is -0.380. The lowest BCUT2D eigenvalue weighted by molar-refractivity contribution is 0.284. The van der Waals surface area contributed by atoms with Gasteiger partial charge in [-0.1, -0.05) is 20.8 Å². The van der Waals surface area contributed by atoms with E-state index in [0.29, 0.717) is 6.04 Å². The molecule has 2 nitrogen and oxygen atoms in total. The Balaban J connectivity index is 2.29. The molecule has 1 N–H and O–H groups in total. The second kappa shape index (κ2) is 8.68. The minimum Gasteiger partial charge on any atom is -0.308 e. The fraction of sp³-hybridized carbons (Fsp3) is 0.733. The molecule has 1 atom stereocenters. The van der Waals surface area contributed by atoms with Crippen LogP contribution in [0.5, 0.6) is 0 Å². The second-order valence-electron chi connectivity index (χ2n) is 4.77. The molecule has 0 radical (unpaired) electrons. The zero-order valence-electron chi connectivity index (χ0n) is 12.3. The summed E-state index contributed by atoms with van der Waals surface area (Å²) in [6.45, 7) is 13.6. The summed E-state index contributed by atoms with van der Waals surface area (Å²) in [4.78, 5) is 5.45. The first-order valence-electron chi connectivity index (χ1n) is 7.25. The van der Waals surface area contributed by atoms with Gasteiger partial charge in [0.25, 0.3) is 0 Å². The van der Waals surface area contributed by atoms with Crippen LogP contribution in [0.3, 0.4) is 0 Å². The summed E-state index contributed by atoms with van der Waals surface area (Å²) in [5.74, 6) is 0. The average Bonchev–Trinajstić information content (AvgIpc) is 2.86. The maximum absolute atomic E-state index is 3.63. The SMILES string of the molecule is CCCN(CC)CCNC(C)c1ccc(CC)s1. The number of likely N-dealkylation sites (N-methyl/N-ethyl adjacent to an activating group) is 1. The fourth-order valence-corrected chi connectivity index (χ4v) is 3.08. The van der Waals surface area contributed by atoms with Gasteiger partial charge in [0.2, 0.25) is 0 Å². The van der Waals surface area contributed by atoms with E-state index >= 15 is 0 Å². The molecule has 0 aromatic carbocycles. The zero-order valence-corrected chi connectivity index (χ0v) is 13.1. The van der Waals surface area contributed by atoms with Crippen molar-refractivity contribution >= 4 is 11.3 Å². The van der Waals surface area contributed by atoms with Crippen LogP contribution in [-0.4, -0.2) is 31.1 Å². The molecule has 1 unspecified atom stereocenters. The number of nitrogens with zero attached hydrogens (tertiary/aromatic N) is 1. The first-order chi connectivity index (χ1) is 8.71. The summed E-state index contributed by atoms with van der Waals surface area (Å²) in [7, 11) is 0. The standard InChI is InChI=1S/C15H28N2S/c1-5-11-17(7-3)12-10-16-13(4)15-9-8-14(6-2)18-15/h8-9,13,16H,5-7,10-12H2,1-4H3. The molecule has 0 saturated carbocycles. The van der Waals surface area contributed by atoms with Crippen LogP contribution in [0.4, 0.5) is 0 Å². The Kier molecular flexibility index (Phi) is 7.56. The number of hydrogen-bond donors (Lipinski definition) is 1. The van der Waals surface area contributed by atoms with Crippen molar-refractivity contribution < 1.29 is 0 Å². The Morgan fingerprint density at radius 2 is 2.00 bits per heavy atom. The van der Waals surface area contributed by atoms with Gasteiger partial charge in [0.15, 0.2) is 0 Å². The molecule has 0 aliphatic rings. The van der Waals surface area contributed by atoms with Gasteiger partial charge in [-0.15, -0.1) is 11.3 Å². The number of rotatable bonds is 9. The summed E-state index contributed by atoms with van der Waals surface area (Å²) in [5.41, 5.74) is 0. The molecule has 1 aromatic rings. The van der Waals surface area contributed by atoms with Crippen molar-refractivity contribution in [2.24, 2.45) is 0 Å². The molecule has 3 heteroatoms. The van der Waals surface area contributed by atoms with Gasteiger partial charge in [-0.25, -0.2) is 0 Å². The van der Waals surface area contributed by atoms with Crippen molar-refractivity contribution in [2.45, 2.75) is 46.6 Å². The maximum Gasteiger partial charge on any atom is 0.0386 e. The van der Waals surface area contributed by atoms with Crippen LogP contribution in [0.1, 0.15) is 49.9 Å². The van der Waals surface area contributed by atoms with Gasteiger partial charge in [0.1, 0.15) is 0 Å². The minimum absolute atomic E-state index is 0.482. The monoisotopic (exact) mass is 268 g/mol. The van der Waals surface area contributed by atoms with E-state index < -0.39 is 0 Å². The van der Waals surface area contributed by atoms with E-state index in [0.717, 1.165) is 26.1 Å². The molecule has 0 saturated heterocycles. The minimum atomic E-state index is 0.482. The van der Waals surface area contributed by atoms with Crippen molar-refractivity contribution in [3.63, 3.8) is 0 Å². The molecule has 0 aliphatic heterocycles. The first-order valence-corrected chi connectivity index (χ1v) is 8.07. The molecule has 0 fully saturated rings. The van der Waals surface area contributed by atoms with E-state index in [4.69, 9.17) is 0 Å². The summed E-state index contributed by atoms with van der Waals surface area (Å²) in [5, 5.41) is 3.63. The molecule has 18 heavy (non-hydrogen) atoms. The third-order valence-corrected chi connectivity index (χ3v) is 4.74. The lowest BCUT2D eigenvalue weighted by Gasteiger charge is -2.21. The summed E-state index contributed by atoms with van der Waals surface area (Å²) < 4.78 is 0. The van der Waals surface area contributed by atoms with E-state index in [9.17, 15) is 0 Å². The quantitative estimate of drug-likeness (QED) is 0.735. The van der Waals surface area contributed by atoms with Crippen LogP contribution < -0.4 is 5.32 Å². The van der Waals surface area contributed by atoms with Crippen LogP contribution in [0, 0.1) is 0 Å². The lowest BCUT2D eigenvalue weighted by Crippen LogP contribution is -2.33. The fourth-order valence-electron chi connectivity index (χ4n) is 2.10. The van der Waals surface area contributed by atoms with E-state index in [1.807, 2.05) is 11.3 Å². The first kappa shape index (κ1) is 15.7. The zero-order chi connectivity index (χ0) is 13.4. The van der Waals surface area contributed by atoms with Gasteiger partial charge >= 0.3 is 0 Å². The topological polar surface area (TPSA) is 15.3 Å². The van der Waals surface area contributed by atoms with Crippen molar-refractivity contribution in [3.8, 4) is 0 Å². The molecule has 1 rings (SSSR count). The van der Waals surface area contributed by atoms with Gasteiger partial charge in [-0.2, -0.15) is 0 Å². The van der Waals surface area contributed by atoms with Crippen molar-refractivity contribution in [1.29, 1.82) is 0 Å². The van der Waals surface area contributed by atoms with E-state index in [-0.39, 0.29) is 0 Å². The molecule has 1 aromatic heterocycles. The number of hydrogen-bond acceptors (Lipinski definition) is 3. The summed E-state index contributed by atoms with van der Waals surface area (Å²) >= 11 is 1.94. The number of nitrogens with one attached hydrogen (secondary N) is 1. The predicted molar refractivity (Wildman–Crippen MR) is 82.5 cm³/mol.